The molecule has 0 atom stereocenters. The lowest BCUT2D eigenvalue weighted by Gasteiger charge is -2.00. The van der Waals surface area contributed by atoms with E-state index in [4.69, 9.17) is 0 Å². The zero-order valence-corrected chi connectivity index (χ0v) is 6.32. The van der Waals surface area contributed by atoms with Crippen LogP contribution in [0.2, 0.25) is 0 Å². The summed E-state index contributed by atoms with van der Waals surface area (Å²) in [6.45, 7) is 0.177. The van der Waals surface area contributed by atoms with Gasteiger partial charge in [0, 0.05) is 18.0 Å². The van der Waals surface area contributed by atoms with E-state index >= 15 is 0 Å². The highest BCUT2D eigenvalue weighted by Gasteiger charge is 2.08. The topological polar surface area (TPSA) is 54.4 Å². The minimum atomic E-state index is -0.122. The van der Waals surface area contributed by atoms with Crippen LogP contribution in [0, 0.1) is 0 Å². The number of anilines is 1. The molecule has 60 valence electrons. The van der Waals surface area contributed by atoms with E-state index in [1.807, 2.05) is 12.1 Å². The predicted octanol–water partition coefficient (Wildman–Crippen LogP) is 0.453. The van der Waals surface area contributed by atoms with Crippen LogP contribution in [-0.4, -0.2) is 23.7 Å². The van der Waals surface area contributed by atoms with E-state index in [0.29, 0.717) is 5.82 Å². The highest BCUT2D eigenvalue weighted by atomic mass is 16.1. The Kier molecular flexibility index (Phi) is 1.59. The molecule has 4 nitrogen and oxygen atoms in total. The Morgan fingerprint density at radius 1 is 1.50 bits per heavy atom. The number of pyridine rings is 1. The summed E-state index contributed by atoms with van der Waals surface area (Å²) in [5, 5.41) is 2.65. The number of aliphatic imine (C=N–C) groups is 1. The summed E-state index contributed by atoms with van der Waals surface area (Å²) in [6.07, 6.45) is 3.29. The van der Waals surface area contributed by atoms with Crippen LogP contribution < -0.4 is 5.32 Å². The SMILES string of the molecule is O=C1CN=Cc2cccnc2N1. The first-order valence-electron chi connectivity index (χ1n) is 3.61. The van der Waals surface area contributed by atoms with Gasteiger partial charge in [-0.1, -0.05) is 0 Å². The van der Waals surface area contributed by atoms with Gasteiger partial charge >= 0.3 is 0 Å². The monoisotopic (exact) mass is 161 g/mol. The van der Waals surface area contributed by atoms with Gasteiger partial charge in [0.2, 0.25) is 5.91 Å². The molecule has 0 aromatic carbocycles. The third kappa shape index (κ3) is 1.18. The largest absolute Gasteiger partial charge is 0.309 e. The average Bonchev–Trinajstić information content (AvgIpc) is 2.25. The Bertz CT molecular complexity index is 346. The highest BCUT2D eigenvalue weighted by molar-refractivity contribution is 6.00. The van der Waals surface area contributed by atoms with Crippen LogP contribution in [0.4, 0.5) is 5.82 Å². The molecule has 1 N–H and O–H groups in total. The minimum Gasteiger partial charge on any atom is -0.309 e. The number of carbonyl (C=O) groups is 1. The molecule has 0 saturated heterocycles. The Hall–Kier alpha value is -1.71. The molecular formula is C8H7N3O. The molecular weight excluding hydrogens is 154 g/mol. The quantitative estimate of drug-likeness (QED) is 0.600. The number of aromatic nitrogens is 1. The van der Waals surface area contributed by atoms with Gasteiger partial charge in [-0.05, 0) is 12.1 Å². The number of hydrogen-bond acceptors (Lipinski definition) is 3. The third-order valence-electron chi connectivity index (χ3n) is 1.56. The second-order valence-corrected chi connectivity index (χ2v) is 2.46. The van der Waals surface area contributed by atoms with Gasteiger partial charge in [0.15, 0.2) is 0 Å². The Morgan fingerprint density at radius 2 is 2.42 bits per heavy atom. The van der Waals surface area contributed by atoms with Crippen molar-refractivity contribution in [2.75, 3.05) is 11.9 Å². The molecule has 0 unspecified atom stereocenters. The molecule has 2 heterocycles. The molecule has 0 saturated carbocycles. The Morgan fingerprint density at radius 3 is 3.33 bits per heavy atom. The van der Waals surface area contributed by atoms with Gasteiger partial charge in [0.05, 0.1) is 0 Å². The summed E-state index contributed by atoms with van der Waals surface area (Å²) in [7, 11) is 0. The number of nitrogens with one attached hydrogen (secondary N) is 1. The first kappa shape index (κ1) is 6.97. The van der Waals surface area contributed by atoms with Crippen molar-refractivity contribution in [2.45, 2.75) is 0 Å². The van der Waals surface area contributed by atoms with E-state index in [1.54, 1.807) is 12.4 Å². The molecule has 4 heteroatoms. The fourth-order valence-corrected chi connectivity index (χ4v) is 1.02. The first-order chi connectivity index (χ1) is 5.86. The number of amides is 1. The molecule has 0 fully saturated rings. The lowest BCUT2D eigenvalue weighted by atomic mass is 10.3. The Labute approximate surface area is 69.3 Å². The fourth-order valence-electron chi connectivity index (χ4n) is 1.02. The molecule has 1 aromatic heterocycles. The van der Waals surface area contributed by atoms with Gasteiger partial charge < -0.3 is 5.32 Å². The summed E-state index contributed by atoms with van der Waals surface area (Å²) in [4.78, 5) is 18.9. The van der Waals surface area contributed by atoms with Gasteiger partial charge in [-0.2, -0.15) is 0 Å². The van der Waals surface area contributed by atoms with Crippen LogP contribution >= 0.6 is 0 Å². The predicted molar refractivity (Wildman–Crippen MR) is 45.3 cm³/mol. The first-order valence-corrected chi connectivity index (χ1v) is 3.61. The molecule has 0 spiro atoms. The maximum absolute atomic E-state index is 11.0. The number of rotatable bonds is 0. The van der Waals surface area contributed by atoms with Crippen LogP contribution in [0.1, 0.15) is 5.56 Å². The molecule has 1 aliphatic rings. The molecule has 0 aliphatic carbocycles. The summed E-state index contributed by atoms with van der Waals surface area (Å²) in [6, 6.07) is 3.67. The van der Waals surface area contributed by atoms with Gasteiger partial charge in [0.1, 0.15) is 12.4 Å². The zero-order valence-electron chi connectivity index (χ0n) is 6.32. The van der Waals surface area contributed by atoms with Crippen LogP contribution in [0.3, 0.4) is 0 Å². The lowest BCUT2D eigenvalue weighted by molar-refractivity contribution is -0.114. The van der Waals surface area contributed by atoms with E-state index in [2.05, 4.69) is 15.3 Å². The molecule has 0 bridgehead atoms. The molecule has 1 aliphatic heterocycles. The number of fused-ring (bicyclic) bond motifs is 1. The van der Waals surface area contributed by atoms with E-state index in [0.717, 1.165) is 5.56 Å². The van der Waals surface area contributed by atoms with Gasteiger partial charge in [-0.25, -0.2) is 4.98 Å². The van der Waals surface area contributed by atoms with E-state index in [9.17, 15) is 4.79 Å². The van der Waals surface area contributed by atoms with Crippen molar-refractivity contribution in [2.24, 2.45) is 4.99 Å². The summed E-state index contributed by atoms with van der Waals surface area (Å²) in [5.41, 5.74) is 0.850. The average molecular weight is 161 g/mol. The van der Waals surface area contributed by atoms with Crippen LogP contribution in [-0.2, 0) is 4.79 Å². The van der Waals surface area contributed by atoms with Crippen molar-refractivity contribution >= 4 is 17.9 Å². The van der Waals surface area contributed by atoms with Crippen LogP contribution in [0.5, 0.6) is 0 Å². The third-order valence-corrected chi connectivity index (χ3v) is 1.56. The fraction of sp³-hybridized carbons (Fsp3) is 0.125. The molecule has 1 aromatic rings. The smallest absolute Gasteiger partial charge is 0.247 e. The maximum Gasteiger partial charge on any atom is 0.247 e. The van der Waals surface area contributed by atoms with Crippen molar-refractivity contribution in [3.05, 3.63) is 23.9 Å². The van der Waals surface area contributed by atoms with Gasteiger partial charge in [-0.15, -0.1) is 0 Å². The number of nitrogens with zero attached hydrogens (tertiary/aromatic N) is 2. The van der Waals surface area contributed by atoms with E-state index < -0.39 is 0 Å². The van der Waals surface area contributed by atoms with Gasteiger partial charge in [0.25, 0.3) is 0 Å². The van der Waals surface area contributed by atoms with Crippen LogP contribution in [0.15, 0.2) is 23.3 Å². The number of hydrogen-bond donors (Lipinski definition) is 1. The normalized spacial score (nSPS) is 14.8. The zero-order chi connectivity index (χ0) is 8.39. The van der Waals surface area contributed by atoms with Crippen molar-refractivity contribution in [1.29, 1.82) is 0 Å². The lowest BCUT2D eigenvalue weighted by Crippen LogP contribution is -2.14. The summed E-state index contributed by atoms with van der Waals surface area (Å²) >= 11 is 0. The summed E-state index contributed by atoms with van der Waals surface area (Å²) < 4.78 is 0. The van der Waals surface area contributed by atoms with Crippen molar-refractivity contribution < 1.29 is 4.79 Å². The minimum absolute atomic E-state index is 0.122. The van der Waals surface area contributed by atoms with Crippen molar-refractivity contribution in [1.82, 2.24) is 4.98 Å². The second-order valence-electron chi connectivity index (χ2n) is 2.46. The molecule has 12 heavy (non-hydrogen) atoms. The second kappa shape index (κ2) is 2.73. The van der Waals surface area contributed by atoms with Crippen LogP contribution in [0.25, 0.3) is 0 Å². The maximum atomic E-state index is 11.0. The van der Waals surface area contributed by atoms with Gasteiger partial charge in [-0.3, -0.25) is 9.79 Å². The number of carbonyl (C=O) groups excluding carboxylic acids is 1. The van der Waals surface area contributed by atoms with E-state index in [1.165, 1.54) is 0 Å². The van der Waals surface area contributed by atoms with Crippen molar-refractivity contribution in [3.8, 4) is 0 Å². The standard InChI is InChI=1S/C8H7N3O/c12-7-5-9-4-6-2-1-3-10-8(6)11-7/h1-4H,5H2,(H,10,11,12). The van der Waals surface area contributed by atoms with E-state index in [-0.39, 0.29) is 12.5 Å². The van der Waals surface area contributed by atoms with Crippen molar-refractivity contribution in [3.63, 3.8) is 0 Å². The molecule has 2 rings (SSSR count). The Balaban J connectivity index is 2.48. The molecule has 0 radical (unpaired) electrons. The summed E-state index contributed by atoms with van der Waals surface area (Å²) in [5.74, 6) is 0.465. The molecule has 1 amide bonds. The highest BCUT2D eigenvalue weighted by Crippen LogP contribution is 2.10.